The smallest absolute Gasteiger partial charge is 0.0453 e. The Bertz CT molecular complexity index is 522. The molecule has 3 rings (SSSR count). The summed E-state index contributed by atoms with van der Waals surface area (Å²) in [7, 11) is 2.07. The first kappa shape index (κ1) is 12.3. The van der Waals surface area contributed by atoms with Gasteiger partial charge in [-0.05, 0) is 49.0 Å². The Hall–Kier alpha value is -0.770. The molecule has 94 valence electrons. The Morgan fingerprint density at radius 2 is 2.17 bits per heavy atom. The van der Waals surface area contributed by atoms with Gasteiger partial charge in [-0.3, -0.25) is 0 Å². The van der Waals surface area contributed by atoms with E-state index >= 15 is 0 Å². The van der Waals surface area contributed by atoms with Crippen LogP contribution in [0, 0.1) is 6.92 Å². The van der Waals surface area contributed by atoms with Gasteiger partial charge >= 0.3 is 0 Å². The van der Waals surface area contributed by atoms with Crippen LogP contribution >= 0.6 is 23.1 Å². The van der Waals surface area contributed by atoms with Gasteiger partial charge < -0.3 is 5.32 Å². The molecule has 1 nitrogen and oxygen atoms in total. The molecule has 2 aromatic rings. The molecule has 0 bridgehead atoms. The molecule has 0 saturated heterocycles. The van der Waals surface area contributed by atoms with E-state index in [1.54, 1.807) is 0 Å². The van der Waals surface area contributed by atoms with Gasteiger partial charge in [0.25, 0.3) is 0 Å². The Morgan fingerprint density at radius 1 is 1.33 bits per heavy atom. The zero-order chi connectivity index (χ0) is 12.5. The lowest BCUT2D eigenvalue weighted by molar-refractivity contribution is 0.570. The van der Waals surface area contributed by atoms with Crippen LogP contribution in [0.5, 0.6) is 0 Å². The minimum Gasteiger partial charge on any atom is -0.312 e. The number of hydrogen-bond acceptors (Lipinski definition) is 3. The van der Waals surface area contributed by atoms with Gasteiger partial charge in [-0.25, -0.2) is 0 Å². The van der Waals surface area contributed by atoms with Gasteiger partial charge in [-0.2, -0.15) is 0 Å². The quantitative estimate of drug-likeness (QED) is 0.907. The van der Waals surface area contributed by atoms with Crippen molar-refractivity contribution in [1.82, 2.24) is 5.32 Å². The molecular weight excluding hydrogens is 258 g/mol. The molecule has 0 radical (unpaired) electrons. The first-order valence-electron chi connectivity index (χ1n) is 6.25. The number of fused-ring (bicyclic) bond motifs is 1. The van der Waals surface area contributed by atoms with Gasteiger partial charge in [-0.1, -0.05) is 18.2 Å². The maximum Gasteiger partial charge on any atom is 0.0453 e. The summed E-state index contributed by atoms with van der Waals surface area (Å²) in [5.41, 5.74) is 2.94. The van der Waals surface area contributed by atoms with E-state index in [4.69, 9.17) is 0 Å². The van der Waals surface area contributed by atoms with Crippen molar-refractivity contribution in [1.29, 1.82) is 0 Å². The zero-order valence-corrected chi connectivity index (χ0v) is 12.3. The van der Waals surface area contributed by atoms with Crippen molar-refractivity contribution in [3.8, 4) is 0 Å². The SMILES string of the molecule is CNC(c1csc(C)c1)C1Cc2ccccc2S1. The average molecular weight is 275 g/mol. The first-order chi connectivity index (χ1) is 8.78. The molecule has 2 heterocycles. The van der Waals surface area contributed by atoms with Gasteiger partial charge in [0.1, 0.15) is 0 Å². The summed E-state index contributed by atoms with van der Waals surface area (Å²) in [6, 6.07) is 11.5. The lowest BCUT2D eigenvalue weighted by Gasteiger charge is -2.21. The standard InChI is InChI=1S/C15H17NS2/c1-10-7-12(9-17-10)15(16-2)14-8-11-5-3-4-6-13(11)18-14/h3-7,9,14-16H,8H2,1-2H3. The van der Waals surface area contributed by atoms with Crippen molar-refractivity contribution in [3.05, 3.63) is 51.7 Å². The monoisotopic (exact) mass is 275 g/mol. The van der Waals surface area contributed by atoms with E-state index in [-0.39, 0.29) is 0 Å². The van der Waals surface area contributed by atoms with E-state index in [0.717, 1.165) is 0 Å². The number of thioether (sulfide) groups is 1. The third kappa shape index (κ3) is 2.22. The van der Waals surface area contributed by atoms with Crippen LogP contribution in [0.25, 0.3) is 0 Å². The molecule has 1 aromatic carbocycles. The fraction of sp³-hybridized carbons (Fsp3) is 0.333. The molecular formula is C15H17NS2. The van der Waals surface area contributed by atoms with Crippen LogP contribution < -0.4 is 5.32 Å². The minimum absolute atomic E-state index is 0.451. The summed E-state index contributed by atoms with van der Waals surface area (Å²) in [6.07, 6.45) is 1.17. The molecule has 1 aromatic heterocycles. The number of nitrogens with one attached hydrogen (secondary N) is 1. The highest BCUT2D eigenvalue weighted by molar-refractivity contribution is 8.00. The van der Waals surface area contributed by atoms with Crippen molar-refractivity contribution in [2.45, 2.75) is 29.5 Å². The average Bonchev–Trinajstić information content (AvgIpc) is 2.96. The number of aryl methyl sites for hydroxylation is 1. The second-order valence-corrected chi connectivity index (χ2v) is 7.12. The van der Waals surface area contributed by atoms with E-state index in [1.165, 1.54) is 27.3 Å². The Morgan fingerprint density at radius 3 is 2.83 bits per heavy atom. The van der Waals surface area contributed by atoms with Crippen LogP contribution in [-0.4, -0.2) is 12.3 Å². The number of rotatable bonds is 3. The molecule has 0 aliphatic carbocycles. The van der Waals surface area contributed by atoms with Gasteiger partial charge in [-0.15, -0.1) is 23.1 Å². The molecule has 0 fully saturated rings. The van der Waals surface area contributed by atoms with Crippen molar-refractivity contribution in [2.24, 2.45) is 0 Å². The Labute approximate surface area is 117 Å². The van der Waals surface area contributed by atoms with Gasteiger partial charge in [0.15, 0.2) is 0 Å². The molecule has 1 aliphatic rings. The highest BCUT2D eigenvalue weighted by Crippen LogP contribution is 2.42. The topological polar surface area (TPSA) is 12.0 Å². The van der Waals surface area contributed by atoms with Crippen LogP contribution in [0.15, 0.2) is 40.6 Å². The summed E-state index contributed by atoms with van der Waals surface area (Å²) < 4.78 is 0. The van der Waals surface area contributed by atoms with Gasteiger partial charge in [0.05, 0.1) is 0 Å². The van der Waals surface area contributed by atoms with Crippen molar-refractivity contribution in [2.75, 3.05) is 7.05 Å². The summed E-state index contributed by atoms with van der Waals surface area (Å²) in [5, 5.41) is 6.40. The highest BCUT2D eigenvalue weighted by Gasteiger charge is 2.29. The fourth-order valence-corrected chi connectivity index (χ4v) is 4.81. The molecule has 0 saturated carbocycles. The maximum absolute atomic E-state index is 3.49. The third-order valence-corrected chi connectivity index (χ3v) is 5.74. The van der Waals surface area contributed by atoms with Crippen LogP contribution in [0.3, 0.4) is 0 Å². The summed E-state index contributed by atoms with van der Waals surface area (Å²) >= 11 is 3.86. The largest absolute Gasteiger partial charge is 0.312 e. The highest BCUT2D eigenvalue weighted by atomic mass is 32.2. The molecule has 2 atom stereocenters. The molecule has 18 heavy (non-hydrogen) atoms. The normalized spacial score (nSPS) is 19.8. The lowest BCUT2D eigenvalue weighted by atomic mass is 10.0. The molecule has 0 amide bonds. The maximum atomic E-state index is 3.49. The first-order valence-corrected chi connectivity index (χ1v) is 8.00. The van der Waals surface area contributed by atoms with Crippen LogP contribution in [-0.2, 0) is 6.42 Å². The molecule has 3 heteroatoms. The van der Waals surface area contributed by atoms with Crippen LogP contribution in [0.4, 0.5) is 0 Å². The Kier molecular flexibility index (Phi) is 3.46. The Balaban J connectivity index is 1.83. The molecule has 1 aliphatic heterocycles. The summed E-state index contributed by atoms with van der Waals surface area (Å²) in [6.45, 7) is 2.18. The number of hydrogen-bond donors (Lipinski definition) is 1. The molecule has 1 N–H and O–H groups in total. The number of thiophene rings is 1. The fourth-order valence-electron chi connectivity index (χ4n) is 2.59. The van der Waals surface area contributed by atoms with E-state index in [9.17, 15) is 0 Å². The van der Waals surface area contributed by atoms with Crippen molar-refractivity contribution < 1.29 is 0 Å². The van der Waals surface area contributed by atoms with E-state index < -0.39 is 0 Å². The molecule has 0 spiro atoms. The van der Waals surface area contributed by atoms with Crippen LogP contribution in [0.1, 0.15) is 22.0 Å². The summed E-state index contributed by atoms with van der Waals surface area (Å²) in [4.78, 5) is 2.85. The van der Waals surface area contributed by atoms with Crippen molar-refractivity contribution in [3.63, 3.8) is 0 Å². The van der Waals surface area contributed by atoms with E-state index in [1.807, 2.05) is 23.1 Å². The predicted octanol–water partition coefficient (Wildman–Crippen LogP) is 4.03. The summed E-state index contributed by atoms with van der Waals surface area (Å²) in [5.74, 6) is 0. The van der Waals surface area contributed by atoms with E-state index in [0.29, 0.717) is 11.3 Å². The predicted molar refractivity (Wildman–Crippen MR) is 80.6 cm³/mol. The van der Waals surface area contributed by atoms with Gasteiger partial charge in [0, 0.05) is 21.1 Å². The van der Waals surface area contributed by atoms with E-state index in [2.05, 4.69) is 55.0 Å². The molecule has 2 unspecified atom stereocenters. The zero-order valence-electron chi connectivity index (χ0n) is 10.6. The van der Waals surface area contributed by atoms with Crippen LogP contribution in [0.2, 0.25) is 0 Å². The van der Waals surface area contributed by atoms with Crippen molar-refractivity contribution >= 4 is 23.1 Å². The lowest BCUT2D eigenvalue weighted by Crippen LogP contribution is -2.26. The number of benzene rings is 1. The second-order valence-electron chi connectivity index (χ2n) is 4.73. The minimum atomic E-state index is 0.451. The third-order valence-electron chi connectivity index (χ3n) is 3.46. The van der Waals surface area contributed by atoms with Gasteiger partial charge in [0.2, 0.25) is 0 Å². The second kappa shape index (κ2) is 5.08.